The number of carboxylic acid groups (broad SMARTS) is 1. The quantitative estimate of drug-likeness (QED) is 0.882. The normalized spacial score (nSPS) is 11.7. The Bertz CT molecular complexity index is 641. The van der Waals surface area contributed by atoms with Crippen molar-refractivity contribution in [1.29, 1.82) is 0 Å². The average Bonchev–Trinajstić information content (AvgIpc) is 2.48. The summed E-state index contributed by atoms with van der Waals surface area (Å²) in [6, 6.07) is 10.0. The van der Waals surface area contributed by atoms with Gasteiger partial charge in [0.2, 0.25) is 5.91 Å². The molecule has 0 radical (unpaired) electrons. The molecular formula is C16H16N2O3. The van der Waals surface area contributed by atoms with Crippen LogP contribution in [0.2, 0.25) is 0 Å². The maximum Gasteiger partial charge on any atom is 0.335 e. The highest BCUT2D eigenvalue weighted by Crippen LogP contribution is 2.13. The number of hydrogen-bond acceptors (Lipinski definition) is 3. The highest BCUT2D eigenvalue weighted by atomic mass is 16.4. The number of aromatic nitrogens is 1. The van der Waals surface area contributed by atoms with Crippen LogP contribution in [-0.2, 0) is 11.2 Å². The van der Waals surface area contributed by atoms with E-state index in [0.717, 1.165) is 5.56 Å². The molecule has 2 aromatic rings. The minimum absolute atomic E-state index is 0.0396. The molecule has 0 aliphatic rings. The third-order valence-electron chi connectivity index (χ3n) is 3.18. The van der Waals surface area contributed by atoms with Crippen molar-refractivity contribution in [2.24, 2.45) is 0 Å². The van der Waals surface area contributed by atoms with Gasteiger partial charge in [-0.15, -0.1) is 0 Å². The molecule has 108 valence electrons. The van der Waals surface area contributed by atoms with Crippen LogP contribution in [0.25, 0.3) is 0 Å². The molecule has 21 heavy (non-hydrogen) atoms. The first-order chi connectivity index (χ1) is 10.1. The van der Waals surface area contributed by atoms with Crippen LogP contribution in [0.4, 0.5) is 0 Å². The van der Waals surface area contributed by atoms with Crippen LogP contribution in [0.15, 0.2) is 48.8 Å². The highest BCUT2D eigenvalue weighted by molar-refractivity contribution is 5.91. The monoisotopic (exact) mass is 284 g/mol. The fraction of sp³-hybridized carbons (Fsp3) is 0.188. The van der Waals surface area contributed by atoms with E-state index < -0.39 is 5.97 Å². The van der Waals surface area contributed by atoms with Gasteiger partial charge in [0.25, 0.3) is 0 Å². The Morgan fingerprint density at radius 2 is 1.86 bits per heavy atom. The topological polar surface area (TPSA) is 79.3 Å². The molecule has 0 saturated heterocycles. The first kappa shape index (κ1) is 14.7. The Kier molecular flexibility index (Phi) is 4.66. The minimum Gasteiger partial charge on any atom is -0.478 e. The zero-order valence-electron chi connectivity index (χ0n) is 11.6. The lowest BCUT2D eigenvalue weighted by Gasteiger charge is -2.14. The molecule has 5 nitrogen and oxygen atoms in total. The van der Waals surface area contributed by atoms with E-state index in [-0.39, 0.29) is 23.9 Å². The smallest absolute Gasteiger partial charge is 0.335 e. The summed E-state index contributed by atoms with van der Waals surface area (Å²) in [4.78, 5) is 27.1. The van der Waals surface area contributed by atoms with Crippen molar-refractivity contribution in [3.63, 3.8) is 0 Å². The predicted molar refractivity (Wildman–Crippen MR) is 77.9 cm³/mol. The van der Waals surface area contributed by atoms with Gasteiger partial charge in [-0.25, -0.2) is 4.79 Å². The van der Waals surface area contributed by atoms with Crippen LogP contribution < -0.4 is 5.32 Å². The second kappa shape index (κ2) is 6.65. The van der Waals surface area contributed by atoms with Crippen molar-refractivity contribution in [3.05, 3.63) is 65.5 Å². The van der Waals surface area contributed by atoms with Crippen molar-refractivity contribution < 1.29 is 14.7 Å². The first-order valence-electron chi connectivity index (χ1n) is 6.58. The molecule has 1 aromatic heterocycles. The zero-order valence-corrected chi connectivity index (χ0v) is 11.6. The molecular weight excluding hydrogens is 268 g/mol. The van der Waals surface area contributed by atoms with Gasteiger partial charge in [0, 0.05) is 12.4 Å². The van der Waals surface area contributed by atoms with E-state index in [1.54, 1.807) is 30.6 Å². The van der Waals surface area contributed by atoms with E-state index >= 15 is 0 Å². The molecule has 0 bridgehead atoms. The summed E-state index contributed by atoms with van der Waals surface area (Å²) in [5, 5.41) is 12.0. The van der Waals surface area contributed by atoms with Gasteiger partial charge in [0.15, 0.2) is 0 Å². The summed E-state index contributed by atoms with van der Waals surface area (Å²) in [7, 11) is 0. The van der Waals surface area contributed by atoms with Crippen molar-refractivity contribution in [1.82, 2.24) is 10.3 Å². The van der Waals surface area contributed by atoms with Gasteiger partial charge >= 0.3 is 5.97 Å². The summed E-state index contributed by atoms with van der Waals surface area (Å²) in [5.41, 5.74) is 1.61. The van der Waals surface area contributed by atoms with Crippen molar-refractivity contribution in [2.75, 3.05) is 0 Å². The molecule has 1 atom stereocenters. The molecule has 0 aliphatic heterocycles. The predicted octanol–water partition coefficient (Wildman–Crippen LogP) is 2.20. The Balaban J connectivity index is 2.04. The maximum atomic E-state index is 12.1. The van der Waals surface area contributed by atoms with E-state index in [4.69, 9.17) is 5.11 Å². The number of aromatic carboxylic acids is 1. The summed E-state index contributed by atoms with van der Waals surface area (Å²) in [6.45, 7) is 1.87. The molecule has 0 aliphatic carbocycles. The first-order valence-corrected chi connectivity index (χ1v) is 6.58. The van der Waals surface area contributed by atoms with Crippen molar-refractivity contribution >= 4 is 11.9 Å². The van der Waals surface area contributed by atoms with E-state index in [0.29, 0.717) is 5.56 Å². The Hall–Kier alpha value is -2.69. The number of nitrogens with zero attached hydrogens (tertiary/aromatic N) is 1. The summed E-state index contributed by atoms with van der Waals surface area (Å²) in [6.07, 6.45) is 3.37. The molecule has 0 spiro atoms. The van der Waals surface area contributed by atoms with Crippen molar-refractivity contribution in [3.8, 4) is 0 Å². The van der Waals surface area contributed by atoms with E-state index in [9.17, 15) is 9.59 Å². The zero-order chi connectivity index (χ0) is 15.2. The summed E-state index contributed by atoms with van der Waals surface area (Å²) < 4.78 is 0. The number of rotatable bonds is 5. The maximum absolute atomic E-state index is 12.1. The van der Waals surface area contributed by atoms with Crippen LogP contribution in [0.5, 0.6) is 0 Å². The molecule has 1 heterocycles. The number of benzene rings is 1. The number of hydrogen-bond donors (Lipinski definition) is 2. The van der Waals surface area contributed by atoms with Gasteiger partial charge in [0.05, 0.1) is 18.0 Å². The van der Waals surface area contributed by atoms with E-state index in [1.807, 2.05) is 19.1 Å². The van der Waals surface area contributed by atoms with Crippen LogP contribution in [0.1, 0.15) is 34.5 Å². The Labute approximate surface area is 122 Å². The molecule has 0 saturated carbocycles. The van der Waals surface area contributed by atoms with Crippen molar-refractivity contribution in [2.45, 2.75) is 19.4 Å². The summed E-state index contributed by atoms with van der Waals surface area (Å²) >= 11 is 0. The van der Waals surface area contributed by atoms with Crippen LogP contribution in [0, 0.1) is 0 Å². The minimum atomic E-state index is -1.03. The Morgan fingerprint density at radius 1 is 1.19 bits per heavy atom. The third-order valence-corrected chi connectivity index (χ3v) is 3.18. The lowest BCUT2D eigenvalue weighted by Crippen LogP contribution is -2.28. The van der Waals surface area contributed by atoms with Gasteiger partial charge in [0.1, 0.15) is 0 Å². The number of carbonyl (C=O) groups is 2. The molecule has 0 unspecified atom stereocenters. The molecule has 2 rings (SSSR count). The van der Waals surface area contributed by atoms with Gasteiger partial charge in [-0.1, -0.05) is 18.2 Å². The molecule has 0 fully saturated rings. The van der Waals surface area contributed by atoms with Crippen LogP contribution in [0.3, 0.4) is 0 Å². The van der Waals surface area contributed by atoms with Crippen LogP contribution in [-0.4, -0.2) is 22.0 Å². The fourth-order valence-electron chi connectivity index (χ4n) is 2.08. The molecule has 2 N–H and O–H groups in total. The number of nitrogens with one attached hydrogen (secondary N) is 1. The van der Waals surface area contributed by atoms with E-state index in [1.165, 1.54) is 6.07 Å². The van der Waals surface area contributed by atoms with Gasteiger partial charge in [-0.05, 0) is 36.2 Å². The number of pyridine rings is 1. The second-order valence-electron chi connectivity index (χ2n) is 4.71. The van der Waals surface area contributed by atoms with E-state index in [2.05, 4.69) is 10.3 Å². The standard InChI is InChI=1S/C16H16N2O3/c1-11(12-6-8-17-9-7-12)18-15(19)10-13-4-2-3-5-14(13)16(20)21/h2-9,11H,10H2,1H3,(H,18,19)(H,20,21)/t11-/m0/s1. The Morgan fingerprint density at radius 3 is 2.52 bits per heavy atom. The molecule has 1 amide bonds. The highest BCUT2D eigenvalue weighted by Gasteiger charge is 2.14. The number of carboxylic acids is 1. The number of amides is 1. The average molecular weight is 284 g/mol. The van der Waals surface area contributed by atoms with Gasteiger partial charge in [-0.2, -0.15) is 0 Å². The lowest BCUT2D eigenvalue weighted by molar-refractivity contribution is -0.121. The molecule has 5 heteroatoms. The molecule has 1 aromatic carbocycles. The fourth-order valence-corrected chi connectivity index (χ4v) is 2.08. The largest absolute Gasteiger partial charge is 0.478 e. The van der Waals surface area contributed by atoms with Crippen LogP contribution >= 0.6 is 0 Å². The number of carbonyl (C=O) groups excluding carboxylic acids is 1. The van der Waals surface area contributed by atoms with Gasteiger partial charge < -0.3 is 10.4 Å². The SMILES string of the molecule is C[C@H](NC(=O)Cc1ccccc1C(=O)O)c1ccncc1. The second-order valence-corrected chi connectivity index (χ2v) is 4.71. The van der Waals surface area contributed by atoms with Gasteiger partial charge in [-0.3, -0.25) is 9.78 Å². The lowest BCUT2D eigenvalue weighted by atomic mass is 10.0. The third kappa shape index (κ3) is 3.89. The summed E-state index contributed by atoms with van der Waals surface area (Å²) in [5.74, 6) is -1.24.